The van der Waals surface area contributed by atoms with Crippen LogP contribution in [0.25, 0.3) is 5.76 Å². The van der Waals surface area contributed by atoms with Crippen LogP contribution in [0.2, 0.25) is 0 Å². The number of hydrogen-bond acceptors (Lipinski definition) is 4. The second kappa shape index (κ2) is 9.26. The topological polar surface area (TPSA) is 60.9 Å². The summed E-state index contributed by atoms with van der Waals surface area (Å²) < 4.78 is 0. The lowest BCUT2D eigenvalue weighted by Crippen LogP contribution is -2.32. The molecule has 158 valence electrons. The van der Waals surface area contributed by atoms with E-state index in [9.17, 15) is 14.7 Å². The predicted octanol–water partition coefficient (Wildman–Crippen LogP) is 4.18. The summed E-state index contributed by atoms with van der Waals surface area (Å²) in [5.41, 5.74) is 2.72. The van der Waals surface area contributed by atoms with Gasteiger partial charge in [-0.1, -0.05) is 68.4 Å². The molecule has 1 saturated heterocycles. The zero-order chi connectivity index (χ0) is 21.8. The molecule has 30 heavy (non-hydrogen) atoms. The number of hydrogen-bond donors (Lipinski definition) is 1. The maximum Gasteiger partial charge on any atom is 0.295 e. The molecule has 1 aliphatic heterocycles. The van der Waals surface area contributed by atoms with Crippen LogP contribution in [-0.4, -0.2) is 53.8 Å². The molecule has 1 fully saturated rings. The second-order valence-electron chi connectivity index (χ2n) is 8.34. The highest BCUT2D eigenvalue weighted by Gasteiger charge is 2.45. The lowest BCUT2D eigenvalue weighted by molar-refractivity contribution is -0.139. The maximum absolute atomic E-state index is 13.0. The number of amides is 1. The molecule has 0 radical (unpaired) electrons. The molecule has 0 spiro atoms. The number of benzene rings is 2. The Hall–Kier alpha value is -2.92. The molecule has 1 N–H and O–H groups in total. The van der Waals surface area contributed by atoms with Crippen LogP contribution in [0.5, 0.6) is 0 Å². The van der Waals surface area contributed by atoms with E-state index in [1.54, 1.807) is 29.2 Å². The fraction of sp³-hybridized carbons (Fsp3) is 0.360. The summed E-state index contributed by atoms with van der Waals surface area (Å²) in [5.74, 6) is -0.917. The van der Waals surface area contributed by atoms with Gasteiger partial charge in [0, 0.05) is 12.1 Å². The van der Waals surface area contributed by atoms with Gasteiger partial charge in [0.05, 0.1) is 11.6 Å². The number of rotatable bonds is 7. The normalized spacial score (nSPS) is 18.6. The molecule has 2 aromatic carbocycles. The number of carbonyl (C=O) groups excluding carboxylic acids is 2. The Kier molecular flexibility index (Phi) is 6.73. The molecule has 3 rings (SSSR count). The summed E-state index contributed by atoms with van der Waals surface area (Å²) in [6.07, 6.45) is 0.742. The Morgan fingerprint density at radius 2 is 1.67 bits per heavy atom. The highest BCUT2D eigenvalue weighted by atomic mass is 16.3. The zero-order valence-electron chi connectivity index (χ0n) is 18.1. The van der Waals surface area contributed by atoms with Gasteiger partial charge in [-0.05, 0) is 44.1 Å². The minimum absolute atomic E-state index is 0.123. The predicted molar refractivity (Wildman–Crippen MR) is 119 cm³/mol. The lowest BCUT2D eigenvalue weighted by atomic mass is 9.93. The van der Waals surface area contributed by atoms with E-state index in [4.69, 9.17) is 0 Å². The number of Topliss-reactive ketones (excluding diaryl/α,β-unsaturated/α-hetero) is 1. The fourth-order valence-electron chi connectivity index (χ4n) is 3.83. The van der Waals surface area contributed by atoms with Gasteiger partial charge in [-0.2, -0.15) is 0 Å². The second-order valence-corrected chi connectivity index (χ2v) is 8.34. The van der Waals surface area contributed by atoms with Crippen molar-refractivity contribution >= 4 is 17.4 Å². The molecule has 1 heterocycles. The smallest absolute Gasteiger partial charge is 0.295 e. The molecule has 1 atom stereocenters. The monoisotopic (exact) mass is 406 g/mol. The van der Waals surface area contributed by atoms with Gasteiger partial charge in [-0.3, -0.25) is 9.59 Å². The molecular formula is C25H30N2O3. The lowest BCUT2D eigenvalue weighted by Gasteiger charge is -2.26. The van der Waals surface area contributed by atoms with Crippen molar-refractivity contribution in [3.63, 3.8) is 0 Å². The van der Waals surface area contributed by atoms with Crippen LogP contribution in [0, 0.1) is 0 Å². The third-order valence-electron chi connectivity index (χ3n) is 5.51. The van der Waals surface area contributed by atoms with E-state index >= 15 is 0 Å². The van der Waals surface area contributed by atoms with E-state index in [1.807, 2.05) is 49.3 Å². The molecule has 0 unspecified atom stereocenters. The van der Waals surface area contributed by atoms with Gasteiger partial charge in [-0.15, -0.1) is 0 Å². The summed E-state index contributed by atoms with van der Waals surface area (Å²) in [4.78, 5) is 29.5. The standard InChI is InChI=1S/C25H30N2O3/c1-17(2)18-11-13-19(14-12-18)22-21(23(28)20-9-6-5-7-10-20)24(29)25(30)27(22)16-8-15-26(3)4/h5-7,9-14,17,22,28H,8,15-16H2,1-4H3/t22-/m0/s1. The van der Waals surface area contributed by atoms with Gasteiger partial charge in [0.1, 0.15) is 5.76 Å². The molecular weight excluding hydrogens is 376 g/mol. The SMILES string of the molecule is CC(C)c1ccc([C@H]2C(=C(O)c3ccccc3)C(=O)C(=O)N2CCCN(C)C)cc1. The van der Waals surface area contributed by atoms with Crippen molar-refractivity contribution in [1.82, 2.24) is 9.80 Å². The first kappa shape index (κ1) is 21.8. The Morgan fingerprint density at radius 1 is 1.03 bits per heavy atom. The number of nitrogens with zero attached hydrogens (tertiary/aromatic N) is 2. The van der Waals surface area contributed by atoms with E-state index in [1.165, 1.54) is 5.56 Å². The highest BCUT2D eigenvalue weighted by molar-refractivity contribution is 6.46. The van der Waals surface area contributed by atoms with Crippen molar-refractivity contribution in [3.8, 4) is 0 Å². The van der Waals surface area contributed by atoms with Gasteiger partial charge in [0.25, 0.3) is 11.7 Å². The molecule has 1 amide bonds. The first-order valence-electron chi connectivity index (χ1n) is 10.4. The third-order valence-corrected chi connectivity index (χ3v) is 5.51. The van der Waals surface area contributed by atoms with Crippen molar-refractivity contribution in [3.05, 3.63) is 76.9 Å². The summed E-state index contributed by atoms with van der Waals surface area (Å²) in [6, 6.07) is 16.3. The van der Waals surface area contributed by atoms with E-state index in [2.05, 4.69) is 13.8 Å². The zero-order valence-corrected chi connectivity index (χ0v) is 18.1. The van der Waals surface area contributed by atoms with Gasteiger partial charge in [0.15, 0.2) is 0 Å². The van der Waals surface area contributed by atoms with Crippen LogP contribution in [0.4, 0.5) is 0 Å². The van der Waals surface area contributed by atoms with Crippen LogP contribution in [0.1, 0.15) is 48.9 Å². The molecule has 0 aromatic heterocycles. The van der Waals surface area contributed by atoms with Crippen LogP contribution >= 0.6 is 0 Å². The van der Waals surface area contributed by atoms with Crippen LogP contribution < -0.4 is 0 Å². The van der Waals surface area contributed by atoms with Crippen LogP contribution in [0.15, 0.2) is 60.2 Å². The largest absolute Gasteiger partial charge is 0.507 e. The first-order chi connectivity index (χ1) is 14.3. The Morgan fingerprint density at radius 3 is 2.23 bits per heavy atom. The number of aliphatic hydroxyl groups is 1. The minimum atomic E-state index is -0.626. The summed E-state index contributed by atoms with van der Waals surface area (Å²) in [6.45, 7) is 5.50. The molecule has 1 aliphatic rings. The Labute approximate surface area is 178 Å². The minimum Gasteiger partial charge on any atom is -0.507 e. The van der Waals surface area contributed by atoms with Crippen molar-refractivity contribution in [2.75, 3.05) is 27.2 Å². The van der Waals surface area contributed by atoms with Gasteiger partial charge in [0.2, 0.25) is 0 Å². The number of likely N-dealkylation sites (tertiary alicyclic amines) is 1. The summed E-state index contributed by atoms with van der Waals surface area (Å²) >= 11 is 0. The quantitative estimate of drug-likeness (QED) is 0.426. The number of aliphatic hydroxyl groups excluding tert-OH is 1. The molecule has 0 aliphatic carbocycles. The Bertz CT molecular complexity index is 931. The highest BCUT2D eigenvalue weighted by Crippen LogP contribution is 2.39. The van der Waals surface area contributed by atoms with Crippen molar-refractivity contribution in [2.24, 2.45) is 0 Å². The van der Waals surface area contributed by atoms with E-state index in [0.717, 1.165) is 18.5 Å². The van der Waals surface area contributed by atoms with Gasteiger partial charge >= 0.3 is 0 Å². The van der Waals surface area contributed by atoms with Gasteiger partial charge in [-0.25, -0.2) is 0 Å². The molecule has 0 bridgehead atoms. The average Bonchev–Trinajstić information content (AvgIpc) is 2.98. The maximum atomic E-state index is 13.0. The number of carbonyl (C=O) groups is 2. The van der Waals surface area contributed by atoms with E-state index in [-0.39, 0.29) is 11.3 Å². The van der Waals surface area contributed by atoms with Crippen LogP contribution in [0.3, 0.4) is 0 Å². The molecule has 0 saturated carbocycles. The Balaban J connectivity index is 2.07. The fourth-order valence-corrected chi connectivity index (χ4v) is 3.83. The van der Waals surface area contributed by atoms with Crippen molar-refractivity contribution < 1.29 is 14.7 Å². The molecule has 5 heteroatoms. The average molecular weight is 407 g/mol. The summed E-state index contributed by atoms with van der Waals surface area (Å²) in [7, 11) is 3.96. The van der Waals surface area contributed by atoms with Crippen molar-refractivity contribution in [2.45, 2.75) is 32.2 Å². The molecule has 2 aromatic rings. The van der Waals surface area contributed by atoms with Crippen molar-refractivity contribution in [1.29, 1.82) is 0 Å². The number of ketones is 1. The first-order valence-corrected chi connectivity index (χ1v) is 10.4. The molecule has 5 nitrogen and oxygen atoms in total. The van der Waals surface area contributed by atoms with E-state index < -0.39 is 17.7 Å². The third kappa shape index (κ3) is 4.46. The summed E-state index contributed by atoms with van der Waals surface area (Å²) in [5, 5.41) is 11.0. The van der Waals surface area contributed by atoms with Crippen LogP contribution in [-0.2, 0) is 9.59 Å². The van der Waals surface area contributed by atoms with E-state index in [0.29, 0.717) is 18.0 Å². The van der Waals surface area contributed by atoms with Gasteiger partial charge < -0.3 is 14.9 Å².